The van der Waals surface area contributed by atoms with Crippen LogP contribution in [0, 0.1) is 0 Å². The van der Waals surface area contributed by atoms with Crippen molar-refractivity contribution in [2.45, 2.75) is 56.4 Å². The lowest BCUT2D eigenvalue weighted by Gasteiger charge is -2.42. The molecule has 0 atom stereocenters. The predicted octanol–water partition coefficient (Wildman–Crippen LogP) is 4.68. The second-order valence-electron chi connectivity index (χ2n) is 9.87. The fourth-order valence-corrected chi connectivity index (χ4v) is 7.12. The van der Waals surface area contributed by atoms with Gasteiger partial charge in [-0.2, -0.15) is 8.78 Å². The van der Waals surface area contributed by atoms with Gasteiger partial charge in [0.1, 0.15) is 5.65 Å². The second-order valence-corrected chi connectivity index (χ2v) is 12.0. The molecule has 2 aliphatic rings. The van der Waals surface area contributed by atoms with E-state index < -0.39 is 27.6 Å². The van der Waals surface area contributed by atoms with Crippen molar-refractivity contribution in [1.82, 2.24) is 24.5 Å². The van der Waals surface area contributed by atoms with Crippen LogP contribution in [0.5, 0.6) is 0 Å². The molecule has 38 heavy (non-hydrogen) atoms. The van der Waals surface area contributed by atoms with Crippen molar-refractivity contribution in [3.63, 3.8) is 0 Å². The smallest absolute Gasteiger partial charge is 0.314 e. The number of likely N-dealkylation sites (tertiary alicyclic amines) is 1. The van der Waals surface area contributed by atoms with Crippen molar-refractivity contribution >= 4 is 21.4 Å². The first-order chi connectivity index (χ1) is 18.4. The van der Waals surface area contributed by atoms with Gasteiger partial charge in [0.2, 0.25) is 15.9 Å². The topological polar surface area (TPSA) is 96.8 Å². The number of aromatic nitrogens is 4. The molecular weight excluding hydrogens is 514 g/mol. The molecule has 3 aromatic heterocycles. The summed E-state index contributed by atoms with van der Waals surface area (Å²) in [4.78, 5) is 7.07. The van der Waals surface area contributed by atoms with Gasteiger partial charge < -0.3 is 13.7 Å². The summed E-state index contributed by atoms with van der Waals surface area (Å²) < 4.78 is 61.9. The minimum atomic E-state index is -3.65. The van der Waals surface area contributed by atoms with Crippen molar-refractivity contribution in [3.05, 3.63) is 66.4 Å². The lowest BCUT2D eigenvalue weighted by Crippen LogP contribution is -2.49. The molecule has 0 spiro atoms. The number of anilines is 1. The maximum absolute atomic E-state index is 13.9. The minimum Gasteiger partial charge on any atom is -0.415 e. The van der Waals surface area contributed by atoms with Crippen molar-refractivity contribution in [2.24, 2.45) is 0 Å². The molecule has 4 heterocycles. The highest BCUT2D eigenvalue weighted by Crippen LogP contribution is 2.32. The molecule has 2 fully saturated rings. The van der Waals surface area contributed by atoms with Gasteiger partial charge in [-0.15, -0.1) is 10.2 Å². The molecule has 12 heteroatoms. The number of hydrogen-bond donors (Lipinski definition) is 0. The van der Waals surface area contributed by atoms with Crippen LogP contribution in [0.2, 0.25) is 0 Å². The monoisotopic (exact) mass is 542 g/mol. The Morgan fingerprint density at radius 2 is 1.82 bits per heavy atom. The Hall–Kier alpha value is -3.38. The van der Waals surface area contributed by atoms with Gasteiger partial charge in [0.25, 0.3) is 5.89 Å². The van der Waals surface area contributed by atoms with E-state index in [2.05, 4.69) is 20.1 Å². The summed E-state index contributed by atoms with van der Waals surface area (Å²) in [6, 6.07) is 13.0. The van der Waals surface area contributed by atoms with E-state index in [1.807, 2.05) is 18.2 Å². The van der Waals surface area contributed by atoms with Gasteiger partial charge in [0, 0.05) is 24.0 Å². The normalized spacial score (nSPS) is 17.8. The molecule has 200 valence electrons. The summed E-state index contributed by atoms with van der Waals surface area (Å²) in [6.45, 7) is 1.68. The van der Waals surface area contributed by atoms with Gasteiger partial charge in [-0.05, 0) is 63.0 Å². The van der Waals surface area contributed by atoms with Crippen molar-refractivity contribution in [3.8, 4) is 11.5 Å². The highest BCUT2D eigenvalue weighted by Gasteiger charge is 2.37. The van der Waals surface area contributed by atoms with Crippen LogP contribution in [0.4, 0.5) is 14.5 Å². The number of fused-ring (bicyclic) bond motifs is 1. The van der Waals surface area contributed by atoms with E-state index >= 15 is 0 Å². The molecule has 1 aromatic carbocycles. The molecule has 4 aromatic rings. The summed E-state index contributed by atoms with van der Waals surface area (Å²) in [7, 11) is -3.65. The number of rotatable bonds is 8. The van der Waals surface area contributed by atoms with Crippen LogP contribution in [0.3, 0.4) is 0 Å². The minimum absolute atomic E-state index is 0.0333. The molecule has 1 saturated heterocycles. The number of nitrogens with zero attached hydrogens (tertiary/aromatic N) is 6. The van der Waals surface area contributed by atoms with E-state index in [-0.39, 0.29) is 12.4 Å². The molecule has 0 N–H and O–H groups in total. The van der Waals surface area contributed by atoms with Gasteiger partial charge in [0.05, 0.1) is 23.2 Å². The number of benzene rings is 1. The lowest BCUT2D eigenvalue weighted by atomic mass is 9.90. The molecule has 1 aliphatic heterocycles. The average molecular weight is 543 g/mol. The fraction of sp³-hybridized carbons (Fsp3) is 0.423. The Balaban J connectivity index is 1.26. The summed E-state index contributed by atoms with van der Waals surface area (Å²) >= 11 is 0. The Morgan fingerprint density at radius 3 is 2.47 bits per heavy atom. The third-order valence-electron chi connectivity index (χ3n) is 7.53. The summed E-state index contributed by atoms with van der Waals surface area (Å²) in [5, 5.41) is 6.61. The molecular formula is C26H28F2N6O3S. The maximum Gasteiger partial charge on any atom is 0.314 e. The Bertz CT molecular complexity index is 1510. The zero-order valence-corrected chi connectivity index (χ0v) is 21.5. The first-order valence-corrected chi connectivity index (χ1v) is 14.3. The van der Waals surface area contributed by atoms with Crippen LogP contribution >= 0.6 is 0 Å². The van der Waals surface area contributed by atoms with Crippen LogP contribution in [0.25, 0.3) is 17.1 Å². The number of pyridine rings is 1. The highest BCUT2D eigenvalue weighted by atomic mass is 32.2. The number of para-hydroxylation sites is 1. The van der Waals surface area contributed by atoms with Crippen LogP contribution in [0.1, 0.15) is 50.1 Å². The number of halogens is 2. The molecule has 9 nitrogen and oxygen atoms in total. The van der Waals surface area contributed by atoms with Crippen LogP contribution in [-0.2, 0) is 16.6 Å². The largest absolute Gasteiger partial charge is 0.415 e. The van der Waals surface area contributed by atoms with Gasteiger partial charge in [-0.1, -0.05) is 24.6 Å². The van der Waals surface area contributed by atoms with Crippen LogP contribution in [0.15, 0.2) is 59.3 Å². The number of piperidine rings is 1. The number of hydrogen-bond acceptors (Lipinski definition) is 7. The van der Waals surface area contributed by atoms with Crippen LogP contribution < -0.4 is 4.31 Å². The summed E-state index contributed by atoms with van der Waals surface area (Å²) in [5.41, 5.74) is 2.10. The maximum atomic E-state index is 13.9. The molecule has 0 bridgehead atoms. The van der Waals surface area contributed by atoms with E-state index in [9.17, 15) is 17.2 Å². The zero-order chi connectivity index (χ0) is 26.3. The third-order valence-corrected chi connectivity index (χ3v) is 9.80. The van der Waals surface area contributed by atoms with E-state index in [0.29, 0.717) is 41.5 Å². The third kappa shape index (κ3) is 4.78. The van der Waals surface area contributed by atoms with Crippen molar-refractivity contribution in [2.75, 3.05) is 17.4 Å². The first kappa shape index (κ1) is 24.9. The molecule has 0 unspecified atom stereocenters. The quantitative estimate of drug-likeness (QED) is 0.319. The lowest BCUT2D eigenvalue weighted by molar-refractivity contribution is 0.106. The van der Waals surface area contributed by atoms with E-state index in [1.54, 1.807) is 41.1 Å². The highest BCUT2D eigenvalue weighted by molar-refractivity contribution is 7.93. The SMILES string of the molecule is O=S(=O)(C1CCN(C2CCC2)CC1)N(Cc1cn2ccc(-c3nnc(C(F)F)o3)cc2n1)c1ccccc1. The molecule has 1 saturated carbocycles. The standard InChI is InChI=1S/C26H28F2N6O3S/c27-24(28)26-31-30-25(37-26)18-9-12-33-16-19(29-23(33)15-18)17-34(21-5-2-1-3-6-21)38(35,36)22-10-13-32(14-11-22)20-7-4-8-20/h1-3,5-6,9,12,15-16,20,22,24H,4,7-8,10-11,13-14,17H2. The number of alkyl halides is 2. The number of imidazole rings is 1. The second kappa shape index (κ2) is 10.1. The van der Waals surface area contributed by atoms with Gasteiger partial charge in [-0.3, -0.25) is 4.31 Å². The van der Waals surface area contributed by atoms with Crippen molar-refractivity contribution < 1.29 is 21.6 Å². The molecule has 0 radical (unpaired) electrons. The predicted molar refractivity (Wildman–Crippen MR) is 137 cm³/mol. The molecule has 1 aliphatic carbocycles. The Morgan fingerprint density at radius 1 is 1.05 bits per heavy atom. The van der Waals surface area contributed by atoms with Gasteiger partial charge >= 0.3 is 6.43 Å². The average Bonchev–Trinajstić information content (AvgIpc) is 3.54. The first-order valence-electron chi connectivity index (χ1n) is 12.8. The summed E-state index contributed by atoms with van der Waals surface area (Å²) in [5.74, 6) is -0.778. The van der Waals surface area contributed by atoms with Crippen LogP contribution in [-0.4, -0.2) is 57.3 Å². The van der Waals surface area contributed by atoms with Gasteiger partial charge in [0.15, 0.2) is 0 Å². The van der Waals surface area contributed by atoms with Crippen molar-refractivity contribution in [1.29, 1.82) is 0 Å². The molecule has 6 rings (SSSR count). The van der Waals surface area contributed by atoms with E-state index in [1.165, 1.54) is 23.6 Å². The Kier molecular flexibility index (Phi) is 6.60. The fourth-order valence-electron chi connectivity index (χ4n) is 5.22. The zero-order valence-electron chi connectivity index (χ0n) is 20.7. The summed E-state index contributed by atoms with van der Waals surface area (Å²) in [6.07, 6.45) is 5.52. The molecule has 0 amide bonds. The van der Waals surface area contributed by atoms with E-state index in [0.717, 1.165) is 13.1 Å². The van der Waals surface area contributed by atoms with E-state index in [4.69, 9.17) is 4.42 Å². The van der Waals surface area contributed by atoms with Gasteiger partial charge in [-0.25, -0.2) is 13.4 Å². The Labute approximate surface area is 219 Å². The number of sulfonamides is 1.